The van der Waals surface area contributed by atoms with E-state index in [1.165, 1.54) is 19.1 Å². The van der Waals surface area contributed by atoms with Crippen molar-refractivity contribution in [3.63, 3.8) is 0 Å². The molecule has 0 fully saturated rings. The summed E-state index contributed by atoms with van der Waals surface area (Å²) in [5.74, 6) is 1.47. The molecule has 6 nitrogen and oxygen atoms in total. The first-order valence-corrected chi connectivity index (χ1v) is 8.79. The van der Waals surface area contributed by atoms with Crippen LogP contribution in [0.3, 0.4) is 0 Å². The molecule has 29 heavy (non-hydrogen) atoms. The van der Waals surface area contributed by atoms with Gasteiger partial charge in [0.05, 0.1) is 5.56 Å². The van der Waals surface area contributed by atoms with E-state index < -0.39 is 17.3 Å². The monoisotopic (exact) mass is 407 g/mol. The molecule has 0 amide bonds. The number of ether oxygens (including phenoxy) is 1. The third-order valence-corrected chi connectivity index (χ3v) is 4.24. The largest absolute Gasteiger partial charge is 0.485 e. The molecule has 0 bridgehead atoms. The van der Waals surface area contributed by atoms with Gasteiger partial charge in [0, 0.05) is 19.2 Å². The van der Waals surface area contributed by atoms with E-state index in [1.54, 1.807) is 31.2 Å². The normalized spacial score (nSPS) is 13.7. The summed E-state index contributed by atoms with van der Waals surface area (Å²) in [6.45, 7) is 3.33. The number of hydrogen-bond acceptors (Lipinski definition) is 6. The molecule has 9 heteroatoms. The zero-order valence-electron chi connectivity index (χ0n) is 15.8. The first-order chi connectivity index (χ1) is 13.6. The number of hydrogen-bond donors (Lipinski definition) is 2. The Labute approximate surface area is 165 Å². The highest BCUT2D eigenvalue weighted by Crippen LogP contribution is 2.32. The molecule has 0 aliphatic rings. The second-order valence-electron chi connectivity index (χ2n) is 6.75. The molecule has 0 spiro atoms. The topological polar surface area (TPSA) is 80.4 Å². The van der Waals surface area contributed by atoms with Crippen molar-refractivity contribution in [2.75, 3.05) is 11.9 Å². The van der Waals surface area contributed by atoms with Crippen molar-refractivity contribution < 1.29 is 27.5 Å². The number of benzene rings is 2. The summed E-state index contributed by atoms with van der Waals surface area (Å²) in [7, 11) is 0. The van der Waals surface area contributed by atoms with Crippen LogP contribution in [0.15, 0.2) is 53.1 Å². The highest BCUT2D eigenvalue weighted by molar-refractivity contribution is 5.47. The predicted molar refractivity (Wildman–Crippen MR) is 99.3 cm³/mol. The van der Waals surface area contributed by atoms with E-state index >= 15 is 0 Å². The van der Waals surface area contributed by atoms with Gasteiger partial charge in [-0.3, -0.25) is 0 Å². The van der Waals surface area contributed by atoms with E-state index in [0.717, 1.165) is 12.1 Å². The lowest BCUT2D eigenvalue weighted by molar-refractivity contribution is -0.137. The smallest absolute Gasteiger partial charge is 0.416 e. The summed E-state index contributed by atoms with van der Waals surface area (Å²) in [5, 5.41) is 17.4. The molecule has 154 valence electrons. The fourth-order valence-corrected chi connectivity index (χ4v) is 2.62. The summed E-state index contributed by atoms with van der Waals surface area (Å²) < 4.78 is 49.1. The minimum absolute atomic E-state index is 0.0245. The molecule has 3 rings (SSSR count). The van der Waals surface area contributed by atoms with Crippen LogP contribution in [0.2, 0.25) is 0 Å². The number of halogens is 3. The summed E-state index contributed by atoms with van der Waals surface area (Å²) in [6.07, 6.45) is -4.46. The van der Waals surface area contributed by atoms with Crippen molar-refractivity contribution in [3.05, 3.63) is 71.4 Å². The molecule has 2 aromatic carbocycles. The van der Waals surface area contributed by atoms with Gasteiger partial charge in [-0.25, -0.2) is 0 Å². The number of nitrogens with one attached hydrogen (secondary N) is 1. The molecule has 0 aliphatic carbocycles. The van der Waals surface area contributed by atoms with Gasteiger partial charge in [-0.1, -0.05) is 17.3 Å². The van der Waals surface area contributed by atoms with Crippen LogP contribution >= 0.6 is 0 Å². The van der Waals surface area contributed by atoms with Crippen molar-refractivity contribution in [2.24, 2.45) is 0 Å². The zero-order valence-corrected chi connectivity index (χ0v) is 15.8. The van der Waals surface area contributed by atoms with Crippen LogP contribution < -0.4 is 10.1 Å². The Bertz CT molecular complexity index is 953. The van der Waals surface area contributed by atoms with Gasteiger partial charge in [0.15, 0.2) is 6.61 Å². The molecule has 0 saturated carbocycles. The summed E-state index contributed by atoms with van der Waals surface area (Å²) in [5.41, 5.74) is -1.43. The zero-order chi connectivity index (χ0) is 21.1. The minimum Gasteiger partial charge on any atom is -0.485 e. The predicted octanol–water partition coefficient (Wildman–Crippen LogP) is 4.30. The molecule has 0 aliphatic heterocycles. The van der Waals surface area contributed by atoms with Crippen molar-refractivity contribution in [2.45, 2.75) is 32.2 Å². The van der Waals surface area contributed by atoms with E-state index in [9.17, 15) is 18.3 Å². The van der Waals surface area contributed by atoms with Crippen LogP contribution in [0, 0.1) is 6.92 Å². The minimum atomic E-state index is -4.46. The molecular weight excluding hydrogens is 387 g/mol. The Morgan fingerprint density at radius 2 is 1.79 bits per heavy atom. The van der Waals surface area contributed by atoms with E-state index in [1.807, 2.05) is 0 Å². The van der Waals surface area contributed by atoms with Crippen LogP contribution in [-0.2, 0) is 18.4 Å². The first kappa shape index (κ1) is 20.7. The number of rotatable bonds is 7. The van der Waals surface area contributed by atoms with Crippen molar-refractivity contribution in [3.8, 4) is 5.75 Å². The second-order valence-corrected chi connectivity index (χ2v) is 6.75. The van der Waals surface area contributed by atoms with Crippen molar-refractivity contribution in [1.82, 2.24) is 10.1 Å². The summed E-state index contributed by atoms with van der Waals surface area (Å²) >= 11 is 0. The van der Waals surface area contributed by atoms with Gasteiger partial charge >= 0.3 is 6.18 Å². The fraction of sp³-hybridized carbons (Fsp3) is 0.300. The van der Waals surface area contributed by atoms with Gasteiger partial charge < -0.3 is 19.7 Å². The van der Waals surface area contributed by atoms with Crippen LogP contribution in [0.25, 0.3) is 0 Å². The van der Waals surface area contributed by atoms with Gasteiger partial charge in [0.25, 0.3) is 0 Å². The molecule has 1 unspecified atom stereocenters. The summed E-state index contributed by atoms with van der Waals surface area (Å²) in [6, 6.07) is 11.6. The number of nitrogens with zero attached hydrogens (tertiary/aromatic N) is 2. The number of aromatic nitrogens is 2. The van der Waals surface area contributed by atoms with Gasteiger partial charge in [-0.15, -0.1) is 0 Å². The summed E-state index contributed by atoms with van der Waals surface area (Å²) in [4.78, 5) is 4.04. The molecule has 0 saturated heterocycles. The third kappa shape index (κ3) is 5.47. The van der Waals surface area contributed by atoms with Crippen LogP contribution in [0.1, 0.15) is 29.8 Å². The Balaban J connectivity index is 1.59. The quantitative estimate of drug-likeness (QED) is 0.608. The first-order valence-electron chi connectivity index (χ1n) is 8.79. The average Bonchev–Trinajstić information content (AvgIpc) is 3.10. The van der Waals surface area contributed by atoms with E-state index in [0.29, 0.717) is 23.2 Å². The number of anilines is 1. The van der Waals surface area contributed by atoms with Gasteiger partial charge in [0.1, 0.15) is 11.4 Å². The van der Waals surface area contributed by atoms with E-state index in [2.05, 4.69) is 15.5 Å². The standard InChI is InChI=1S/C20H20F3N3O3/c1-13-25-18(26-29-13)11-28-17-8-6-16(7-9-17)24-12-19(2,27)14-4-3-5-15(10-14)20(21,22)23/h3-10,24,27H,11-12H2,1-2H3. The maximum absolute atomic E-state index is 12.9. The second kappa shape index (κ2) is 8.12. The van der Waals surface area contributed by atoms with Crippen molar-refractivity contribution in [1.29, 1.82) is 0 Å². The van der Waals surface area contributed by atoms with Gasteiger partial charge in [-0.05, 0) is 48.9 Å². The van der Waals surface area contributed by atoms with Crippen LogP contribution in [0.4, 0.5) is 18.9 Å². The van der Waals surface area contributed by atoms with Gasteiger partial charge in [0.2, 0.25) is 11.7 Å². The van der Waals surface area contributed by atoms with Gasteiger partial charge in [-0.2, -0.15) is 18.2 Å². The van der Waals surface area contributed by atoms with E-state index in [-0.39, 0.29) is 18.7 Å². The molecule has 0 radical (unpaired) electrons. The lowest BCUT2D eigenvalue weighted by Gasteiger charge is -2.25. The lowest BCUT2D eigenvalue weighted by atomic mass is 9.94. The number of alkyl halides is 3. The Morgan fingerprint density at radius 3 is 2.41 bits per heavy atom. The highest BCUT2D eigenvalue weighted by atomic mass is 19.4. The van der Waals surface area contributed by atoms with Crippen LogP contribution in [-0.4, -0.2) is 21.8 Å². The molecule has 1 aromatic heterocycles. The average molecular weight is 407 g/mol. The fourth-order valence-electron chi connectivity index (χ4n) is 2.62. The number of aryl methyl sites for hydroxylation is 1. The highest BCUT2D eigenvalue weighted by Gasteiger charge is 2.32. The Kier molecular flexibility index (Phi) is 5.78. The van der Waals surface area contributed by atoms with Crippen LogP contribution in [0.5, 0.6) is 5.75 Å². The third-order valence-electron chi connectivity index (χ3n) is 4.24. The van der Waals surface area contributed by atoms with Crippen molar-refractivity contribution >= 4 is 5.69 Å². The van der Waals surface area contributed by atoms with E-state index in [4.69, 9.17) is 9.26 Å². The SMILES string of the molecule is Cc1nc(COc2ccc(NCC(C)(O)c3cccc(C(F)(F)F)c3)cc2)no1. The Morgan fingerprint density at radius 1 is 1.10 bits per heavy atom. The molecule has 1 heterocycles. The maximum atomic E-state index is 12.9. The lowest BCUT2D eigenvalue weighted by Crippen LogP contribution is -2.31. The molecule has 3 aromatic rings. The number of aliphatic hydroxyl groups is 1. The molecular formula is C20H20F3N3O3. The Hall–Kier alpha value is -3.07. The maximum Gasteiger partial charge on any atom is 0.416 e. The molecule has 1 atom stereocenters. The molecule has 2 N–H and O–H groups in total.